The molecule has 0 atom stereocenters. The van der Waals surface area contributed by atoms with Crippen molar-refractivity contribution in [1.82, 2.24) is 0 Å². The Labute approximate surface area is 117 Å². The van der Waals surface area contributed by atoms with Gasteiger partial charge >= 0.3 is 0 Å². The molecule has 0 fully saturated rings. The summed E-state index contributed by atoms with van der Waals surface area (Å²) in [6, 6.07) is 6.15. The van der Waals surface area contributed by atoms with E-state index in [0.29, 0.717) is 12.0 Å². The van der Waals surface area contributed by atoms with Gasteiger partial charge in [-0.1, -0.05) is 12.1 Å². The molecule has 100 valence electrons. The number of guanidine groups is 1. The van der Waals surface area contributed by atoms with Crippen LogP contribution in [0.15, 0.2) is 33.7 Å². The van der Waals surface area contributed by atoms with Crippen LogP contribution in [0.4, 0.5) is 0 Å². The van der Waals surface area contributed by atoms with E-state index < -0.39 is 0 Å². The summed E-state index contributed by atoms with van der Waals surface area (Å²) >= 11 is 1.73. The third-order valence-corrected chi connectivity index (χ3v) is 3.92. The Morgan fingerprint density at radius 3 is 2.79 bits per heavy atom. The van der Waals surface area contributed by atoms with E-state index in [1.807, 2.05) is 18.2 Å². The summed E-state index contributed by atoms with van der Waals surface area (Å²) in [4.78, 5) is 16.8. The number of benzene rings is 1. The first-order chi connectivity index (χ1) is 9.11. The molecule has 5 heteroatoms. The molecular formula is C14H17N3OS. The molecule has 1 aliphatic rings. The van der Waals surface area contributed by atoms with Crippen molar-refractivity contribution in [2.75, 3.05) is 6.26 Å². The van der Waals surface area contributed by atoms with Crippen LogP contribution in [0.1, 0.15) is 24.0 Å². The van der Waals surface area contributed by atoms with Gasteiger partial charge in [-0.3, -0.25) is 4.79 Å². The van der Waals surface area contributed by atoms with Crippen LogP contribution in [0.25, 0.3) is 6.08 Å². The summed E-state index contributed by atoms with van der Waals surface area (Å²) in [5.41, 5.74) is 13.6. The summed E-state index contributed by atoms with van der Waals surface area (Å²) in [5, 5.41) is 0. The van der Waals surface area contributed by atoms with Gasteiger partial charge in [0.1, 0.15) is 0 Å². The number of aliphatic imine (C=N–C) groups is 1. The van der Waals surface area contributed by atoms with Gasteiger partial charge in [-0.15, -0.1) is 11.8 Å². The van der Waals surface area contributed by atoms with Crippen LogP contribution in [0.5, 0.6) is 0 Å². The number of nitrogens with two attached hydrogens (primary N) is 2. The predicted octanol–water partition coefficient (Wildman–Crippen LogP) is 1.93. The molecule has 0 radical (unpaired) electrons. The summed E-state index contributed by atoms with van der Waals surface area (Å²) in [6.45, 7) is 0. The maximum Gasteiger partial charge on any atom is 0.276 e. The van der Waals surface area contributed by atoms with E-state index in [4.69, 9.17) is 11.5 Å². The van der Waals surface area contributed by atoms with Crippen molar-refractivity contribution in [2.24, 2.45) is 16.5 Å². The van der Waals surface area contributed by atoms with E-state index in [9.17, 15) is 4.79 Å². The van der Waals surface area contributed by atoms with Crippen LogP contribution in [-0.4, -0.2) is 18.1 Å². The molecule has 0 bridgehead atoms. The van der Waals surface area contributed by atoms with Gasteiger partial charge in [-0.25, -0.2) is 0 Å². The van der Waals surface area contributed by atoms with Gasteiger partial charge in [0.25, 0.3) is 5.91 Å². The number of carbonyl (C=O) groups is 1. The fourth-order valence-electron chi connectivity index (χ4n) is 2.25. The SMILES string of the molecule is CSc1cccc2c1CCCC(C(=O)N=C(N)N)=C2. The third kappa shape index (κ3) is 3.17. The number of hydrogen-bond acceptors (Lipinski definition) is 2. The lowest BCUT2D eigenvalue weighted by molar-refractivity contribution is -0.114. The highest BCUT2D eigenvalue weighted by Gasteiger charge is 2.16. The highest BCUT2D eigenvalue weighted by atomic mass is 32.2. The largest absolute Gasteiger partial charge is 0.370 e. The Kier molecular flexibility index (Phi) is 4.27. The minimum atomic E-state index is -0.331. The number of fused-ring (bicyclic) bond motifs is 1. The quantitative estimate of drug-likeness (QED) is 0.491. The van der Waals surface area contributed by atoms with Gasteiger partial charge in [0.05, 0.1) is 0 Å². The zero-order chi connectivity index (χ0) is 13.8. The van der Waals surface area contributed by atoms with E-state index in [-0.39, 0.29) is 11.9 Å². The van der Waals surface area contributed by atoms with E-state index in [1.165, 1.54) is 10.5 Å². The number of thioether (sulfide) groups is 1. The highest BCUT2D eigenvalue weighted by Crippen LogP contribution is 2.30. The zero-order valence-electron chi connectivity index (χ0n) is 10.8. The molecule has 1 amide bonds. The maximum absolute atomic E-state index is 11.9. The molecule has 1 aliphatic carbocycles. The van der Waals surface area contributed by atoms with Crippen LogP contribution in [0, 0.1) is 0 Å². The zero-order valence-corrected chi connectivity index (χ0v) is 11.7. The normalized spacial score (nSPS) is 14.1. The smallest absolute Gasteiger partial charge is 0.276 e. The fraction of sp³-hybridized carbons (Fsp3) is 0.286. The Bertz CT molecular complexity index is 560. The molecule has 4 N–H and O–H groups in total. The molecule has 0 unspecified atom stereocenters. The molecule has 1 aromatic carbocycles. The van der Waals surface area contributed by atoms with Gasteiger partial charge in [-0.05, 0) is 48.8 Å². The van der Waals surface area contributed by atoms with E-state index in [1.54, 1.807) is 11.8 Å². The number of carbonyl (C=O) groups excluding carboxylic acids is 1. The average molecular weight is 275 g/mol. The first kappa shape index (κ1) is 13.7. The Morgan fingerprint density at radius 2 is 2.11 bits per heavy atom. The second-order valence-electron chi connectivity index (χ2n) is 4.39. The van der Waals surface area contributed by atoms with E-state index in [2.05, 4.69) is 17.3 Å². The molecule has 19 heavy (non-hydrogen) atoms. The Morgan fingerprint density at radius 1 is 1.32 bits per heavy atom. The van der Waals surface area contributed by atoms with Crippen LogP contribution in [-0.2, 0) is 11.2 Å². The summed E-state index contributed by atoms with van der Waals surface area (Å²) in [6.07, 6.45) is 6.59. The third-order valence-electron chi connectivity index (χ3n) is 3.10. The van der Waals surface area contributed by atoms with Crippen molar-refractivity contribution in [2.45, 2.75) is 24.2 Å². The van der Waals surface area contributed by atoms with Crippen LogP contribution < -0.4 is 11.5 Å². The lowest BCUT2D eigenvalue weighted by Gasteiger charge is -2.08. The molecule has 0 saturated heterocycles. The lowest BCUT2D eigenvalue weighted by atomic mass is 10.0. The minimum Gasteiger partial charge on any atom is -0.370 e. The van der Waals surface area contributed by atoms with Gasteiger partial charge in [0, 0.05) is 10.5 Å². The van der Waals surface area contributed by atoms with Gasteiger partial charge in [0.15, 0.2) is 5.96 Å². The van der Waals surface area contributed by atoms with Crippen LogP contribution in [0.2, 0.25) is 0 Å². The van der Waals surface area contributed by atoms with Crippen LogP contribution >= 0.6 is 11.8 Å². The van der Waals surface area contributed by atoms with Crippen molar-refractivity contribution in [3.8, 4) is 0 Å². The number of nitrogens with zero attached hydrogens (tertiary/aromatic N) is 1. The van der Waals surface area contributed by atoms with Crippen molar-refractivity contribution >= 4 is 29.7 Å². The maximum atomic E-state index is 11.9. The minimum absolute atomic E-state index is 0.187. The lowest BCUT2D eigenvalue weighted by Crippen LogP contribution is -2.24. The molecule has 4 nitrogen and oxygen atoms in total. The molecular weight excluding hydrogens is 258 g/mol. The number of amides is 1. The number of rotatable bonds is 2. The molecule has 0 saturated carbocycles. The standard InChI is InChI=1S/C14H17N3OS/c1-19-12-7-3-4-9-8-10(5-2-6-11(9)12)13(18)17-14(15)16/h3-4,7-8H,2,5-6H2,1H3,(H4,15,16,17,18). The van der Waals surface area contributed by atoms with Gasteiger partial charge in [0.2, 0.25) is 0 Å². The van der Waals surface area contributed by atoms with Crippen molar-refractivity contribution < 1.29 is 4.79 Å². The molecule has 0 heterocycles. The monoisotopic (exact) mass is 275 g/mol. The Balaban J connectivity index is 2.41. The highest BCUT2D eigenvalue weighted by molar-refractivity contribution is 7.98. The average Bonchev–Trinajstić information content (AvgIpc) is 2.59. The van der Waals surface area contributed by atoms with E-state index in [0.717, 1.165) is 18.4 Å². The molecule has 1 aromatic rings. The second-order valence-corrected chi connectivity index (χ2v) is 5.24. The molecule has 0 spiro atoms. The van der Waals surface area contributed by atoms with Crippen molar-refractivity contribution in [3.63, 3.8) is 0 Å². The van der Waals surface area contributed by atoms with Gasteiger partial charge < -0.3 is 11.5 Å². The van der Waals surface area contributed by atoms with Gasteiger partial charge in [-0.2, -0.15) is 4.99 Å². The molecule has 0 aliphatic heterocycles. The summed E-state index contributed by atoms with van der Waals surface area (Å²) in [7, 11) is 0. The first-order valence-electron chi connectivity index (χ1n) is 6.12. The van der Waals surface area contributed by atoms with Crippen molar-refractivity contribution in [1.29, 1.82) is 0 Å². The molecule has 0 aromatic heterocycles. The number of hydrogen-bond donors (Lipinski definition) is 2. The first-order valence-corrected chi connectivity index (χ1v) is 7.34. The van der Waals surface area contributed by atoms with Crippen molar-refractivity contribution in [3.05, 3.63) is 34.9 Å². The second kappa shape index (κ2) is 5.93. The summed E-state index contributed by atoms with van der Waals surface area (Å²) < 4.78 is 0. The topological polar surface area (TPSA) is 81.5 Å². The summed E-state index contributed by atoms with van der Waals surface area (Å²) in [5.74, 6) is -0.518. The fourth-order valence-corrected chi connectivity index (χ4v) is 2.93. The van der Waals surface area contributed by atoms with E-state index >= 15 is 0 Å². The molecule has 2 rings (SSSR count). The van der Waals surface area contributed by atoms with Crippen LogP contribution in [0.3, 0.4) is 0 Å². The Hall–Kier alpha value is -1.75. The predicted molar refractivity (Wildman–Crippen MR) is 80.0 cm³/mol.